The number of ketones is 1. The quantitative estimate of drug-likeness (QED) is 0.174. The highest BCUT2D eigenvalue weighted by Crippen LogP contribution is 2.20. The van der Waals surface area contributed by atoms with Crippen LogP contribution in [0.3, 0.4) is 0 Å². The lowest BCUT2D eigenvalue weighted by Crippen LogP contribution is -2.59. The summed E-state index contributed by atoms with van der Waals surface area (Å²) in [7, 11) is 0. The zero-order valence-corrected chi connectivity index (χ0v) is 28.5. The average Bonchev–Trinajstić information content (AvgIpc) is 3.14. The Balaban J connectivity index is 1.49. The molecule has 0 saturated carbocycles. The minimum atomic E-state index is -1.34. The summed E-state index contributed by atoms with van der Waals surface area (Å²) in [5.41, 5.74) is 3.88. The molecule has 0 fully saturated rings. The number of carbonyl (C=O) groups excluding carboxylic acids is 5. The van der Waals surface area contributed by atoms with Crippen molar-refractivity contribution in [2.24, 2.45) is 0 Å². The molecule has 0 radical (unpaired) electrons. The van der Waals surface area contributed by atoms with E-state index < -0.39 is 60.4 Å². The highest BCUT2D eigenvalue weighted by molar-refractivity contribution is 5.97. The van der Waals surface area contributed by atoms with Crippen molar-refractivity contribution in [1.82, 2.24) is 21.3 Å². The number of hydrogen-bond acceptors (Lipinski definition) is 7. The first-order valence-corrected chi connectivity index (χ1v) is 16.9. The maximum atomic E-state index is 14.1. The van der Waals surface area contributed by atoms with Crippen molar-refractivity contribution in [3.8, 4) is 16.9 Å². The molecular weight excluding hydrogens is 664 g/mol. The highest BCUT2D eigenvalue weighted by atomic mass is 16.5. The first-order chi connectivity index (χ1) is 25.0. The first-order valence-electron chi connectivity index (χ1n) is 16.9. The Morgan fingerprint density at radius 3 is 1.73 bits per heavy atom. The molecule has 0 aromatic heterocycles. The normalized spacial score (nSPS) is 20.1. The van der Waals surface area contributed by atoms with Gasteiger partial charge in [0.15, 0.2) is 6.61 Å². The number of carboxylic acids is 1. The van der Waals surface area contributed by atoms with Gasteiger partial charge in [-0.3, -0.25) is 24.0 Å². The number of ether oxygens (including phenoxy) is 1. The molecule has 2 aliphatic heterocycles. The number of Topliss-reactive ketones (excluding diaryl/α,β-unsaturated/α-hetero) is 1. The molecule has 268 valence electrons. The predicted octanol–water partition coefficient (Wildman–Crippen LogP) is 2.78. The maximum Gasteiger partial charge on any atom is 0.326 e. The second-order valence-electron chi connectivity index (χ2n) is 12.6. The zero-order valence-electron chi connectivity index (χ0n) is 28.5. The lowest BCUT2D eigenvalue weighted by atomic mass is 9.99. The molecule has 2 aliphatic rings. The molecule has 4 aromatic carbocycles. The van der Waals surface area contributed by atoms with Gasteiger partial charge in [-0.2, -0.15) is 0 Å². The summed E-state index contributed by atoms with van der Waals surface area (Å²) in [6.07, 6.45) is -0.408. The SMILES string of the molecule is CC(=O)CC1NC(=O)COc2ccc(cc2)C[C@@H](C(=O)O)NC(=O)[C@H](Cc2ccccc2)NC(=O)[C@H](Cc2ccc(-c3ccccc3)cc2)NC1=O. The van der Waals surface area contributed by atoms with E-state index >= 15 is 0 Å². The Kier molecular flexibility index (Phi) is 12.5. The van der Waals surface area contributed by atoms with Crippen molar-refractivity contribution in [3.63, 3.8) is 0 Å². The van der Waals surface area contributed by atoms with Gasteiger partial charge < -0.3 is 31.1 Å². The Hall–Kier alpha value is -6.30. The number of rotatable bonds is 8. The minimum absolute atomic E-state index is 0.0120. The predicted molar refractivity (Wildman–Crippen MR) is 192 cm³/mol. The number of carboxylic acid groups (broad SMARTS) is 1. The van der Waals surface area contributed by atoms with E-state index in [1.807, 2.05) is 54.6 Å². The number of nitrogens with one attached hydrogen (secondary N) is 4. The molecule has 4 atom stereocenters. The molecule has 5 N–H and O–H groups in total. The zero-order chi connectivity index (χ0) is 37.0. The molecule has 52 heavy (non-hydrogen) atoms. The van der Waals surface area contributed by atoms with Crippen LogP contribution in [0.25, 0.3) is 11.1 Å². The van der Waals surface area contributed by atoms with E-state index in [-0.39, 0.29) is 31.5 Å². The fraction of sp³-hybridized carbons (Fsp3) is 0.250. The van der Waals surface area contributed by atoms with Crippen molar-refractivity contribution in [2.45, 2.75) is 56.8 Å². The smallest absolute Gasteiger partial charge is 0.326 e. The number of amides is 4. The van der Waals surface area contributed by atoms with Gasteiger partial charge in [-0.15, -0.1) is 0 Å². The van der Waals surface area contributed by atoms with Gasteiger partial charge in [-0.05, 0) is 46.9 Å². The van der Waals surface area contributed by atoms with E-state index in [4.69, 9.17) is 4.74 Å². The van der Waals surface area contributed by atoms with E-state index in [0.29, 0.717) is 22.4 Å². The summed E-state index contributed by atoms with van der Waals surface area (Å²) in [6, 6.07) is 27.1. The number of aliphatic carboxylic acids is 1. The summed E-state index contributed by atoms with van der Waals surface area (Å²) in [5, 5.41) is 20.6. The average molecular weight is 705 g/mol. The molecule has 4 aromatic rings. The molecule has 6 rings (SSSR count). The van der Waals surface area contributed by atoms with E-state index in [2.05, 4.69) is 21.3 Å². The van der Waals surface area contributed by atoms with Crippen molar-refractivity contribution in [1.29, 1.82) is 0 Å². The second kappa shape index (κ2) is 17.6. The van der Waals surface area contributed by atoms with Gasteiger partial charge in [-0.1, -0.05) is 97.1 Å². The van der Waals surface area contributed by atoms with Gasteiger partial charge in [0.2, 0.25) is 17.7 Å². The second-order valence-corrected chi connectivity index (χ2v) is 12.6. The van der Waals surface area contributed by atoms with Gasteiger partial charge in [0.1, 0.15) is 35.7 Å². The minimum Gasteiger partial charge on any atom is -0.484 e. The van der Waals surface area contributed by atoms with Crippen molar-refractivity contribution >= 4 is 35.4 Å². The summed E-state index contributed by atoms with van der Waals surface area (Å²) in [5.74, 6) is -4.28. The van der Waals surface area contributed by atoms with Crippen molar-refractivity contribution in [3.05, 3.63) is 126 Å². The van der Waals surface area contributed by atoms with E-state index in [1.165, 1.54) is 6.92 Å². The van der Waals surface area contributed by atoms with Gasteiger partial charge in [0, 0.05) is 25.7 Å². The third kappa shape index (κ3) is 10.6. The van der Waals surface area contributed by atoms with Crippen LogP contribution in [0.4, 0.5) is 0 Å². The van der Waals surface area contributed by atoms with Gasteiger partial charge in [0.05, 0.1) is 0 Å². The topological polar surface area (TPSA) is 180 Å². The maximum absolute atomic E-state index is 14.1. The number of hydrogen-bond donors (Lipinski definition) is 5. The fourth-order valence-electron chi connectivity index (χ4n) is 5.82. The lowest BCUT2D eigenvalue weighted by Gasteiger charge is -2.26. The largest absolute Gasteiger partial charge is 0.484 e. The standard InChI is InChI=1S/C40H40N4O8/c1-25(45)20-32-37(47)42-34(22-27-12-16-30(17-13-27)29-10-6-3-7-11-29)38(48)43-33(21-26-8-4-2-5-9-26)39(49)44-35(40(50)51)23-28-14-18-31(19-15-28)52-24-36(46)41-32/h2-19,32-35H,20-24H2,1H3,(H,41,46)(H,42,47)(H,43,48)(H,44,49)(H,50,51)/t32?,33-,34-,35-/m0/s1. The molecule has 0 spiro atoms. The highest BCUT2D eigenvalue weighted by Gasteiger charge is 2.32. The Bertz CT molecular complexity index is 1880. The van der Waals surface area contributed by atoms with Crippen LogP contribution in [0.15, 0.2) is 109 Å². The van der Waals surface area contributed by atoms with Crippen LogP contribution in [0.1, 0.15) is 30.0 Å². The van der Waals surface area contributed by atoms with Gasteiger partial charge in [0.25, 0.3) is 5.91 Å². The van der Waals surface area contributed by atoms with Crippen LogP contribution in [-0.4, -0.2) is 71.3 Å². The van der Waals surface area contributed by atoms with Gasteiger partial charge in [-0.25, -0.2) is 4.79 Å². The lowest BCUT2D eigenvalue weighted by molar-refractivity contribution is -0.142. The van der Waals surface area contributed by atoms with Crippen LogP contribution in [-0.2, 0) is 48.0 Å². The number of fused-ring (bicyclic) bond motifs is 16. The van der Waals surface area contributed by atoms with Gasteiger partial charge >= 0.3 is 5.97 Å². The van der Waals surface area contributed by atoms with E-state index in [0.717, 1.165) is 11.1 Å². The monoisotopic (exact) mass is 704 g/mol. The molecule has 4 amide bonds. The van der Waals surface area contributed by atoms with Crippen LogP contribution >= 0.6 is 0 Å². The van der Waals surface area contributed by atoms with E-state index in [9.17, 15) is 33.9 Å². The number of benzene rings is 4. The Labute approximate surface area is 301 Å². The molecule has 1 unspecified atom stereocenters. The van der Waals surface area contributed by atoms with Crippen molar-refractivity contribution < 1.29 is 38.6 Å². The number of carbonyl (C=O) groups is 6. The van der Waals surface area contributed by atoms with Crippen molar-refractivity contribution in [2.75, 3.05) is 6.61 Å². The summed E-state index contributed by atoms with van der Waals surface area (Å²) < 4.78 is 5.57. The Morgan fingerprint density at radius 1 is 0.635 bits per heavy atom. The molecule has 2 bridgehead atoms. The third-order valence-corrected chi connectivity index (χ3v) is 8.54. The van der Waals surface area contributed by atoms with Crippen LogP contribution < -0.4 is 26.0 Å². The fourth-order valence-corrected chi connectivity index (χ4v) is 5.82. The molecule has 0 saturated heterocycles. The van der Waals surface area contributed by atoms with E-state index in [1.54, 1.807) is 54.6 Å². The van der Waals surface area contributed by atoms with Crippen LogP contribution in [0, 0.1) is 0 Å². The molecule has 0 aliphatic carbocycles. The summed E-state index contributed by atoms with van der Waals surface area (Å²) in [6.45, 7) is 0.801. The van der Waals surface area contributed by atoms with Crippen LogP contribution in [0.2, 0.25) is 0 Å². The summed E-state index contributed by atoms with van der Waals surface area (Å²) >= 11 is 0. The molecular formula is C40H40N4O8. The van der Waals surface area contributed by atoms with Crippen LogP contribution in [0.5, 0.6) is 5.75 Å². The third-order valence-electron chi connectivity index (χ3n) is 8.54. The summed E-state index contributed by atoms with van der Waals surface area (Å²) in [4.78, 5) is 79.1. The first kappa shape index (κ1) is 37.0. The molecule has 2 heterocycles. The molecule has 12 nitrogen and oxygen atoms in total. The molecule has 12 heteroatoms. The Morgan fingerprint density at radius 2 is 1.15 bits per heavy atom.